The molecule has 1 aliphatic heterocycles. The lowest BCUT2D eigenvalue weighted by atomic mass is 9.94. The van der Waals surface area contributed by atoms with E-state index in [1.54, 1.807) is 12.1 Å². The fourth-order valence-corrected chi connectivity index (χ4v) is 2.62. The summed E-state index contributed by atoms with van der Waals surface area (Å²) >= 11 is 0. The molecule has 1 unspecified atom stereocenters. The molecule has 21 heavy (non-hydrogen) atoms. The smallest absolute Gasteiger partial charge is 0.311 e. The van der Waals surface area contributed by atoms with E-state index in [-0.39, 0.29) is 11.3 Å². The molecule has 0 aliphatic carbocycles. The molecular formula is C15H22N2O4. The number of benzene rings is 1. The number of hydrogen-bond acceptors (Lipinski definition) is 5. The van der Waals surface area contributed by atoms with Gasteiger partial charge in [-0.15, -0.1) is 0 Å². The lowest BCUT2D eigenvalue weighted by Crippen LogP contribution is -2.40. The third-order valence-corrected chi connectivity index (χ3v) is 3.52. The molecule has 1 saturated heterocycles. The Bertz CT molecular complexity index is 516. The Kier molecular flexibility index (Phi) is 4.67. The largest absolute Gasteiger partial charge is 0.487 e. The van der Waals surface area contributed by atoms with Crippen LogP contribution in [0.15, 0.2) is 18.2 Å². The van der Waals surface area contributed by atoms with E-state index >= 15 is 0 Å². The molecule has 1 heterocycles. The minimum atomic E-state index is -0.424. The quantitative estimate of drug-likeness (QED) is 0.666. The second-order valence-electron chi connectivity index (χ2n) is 5.81. The van der Waals surface area contributed by atoms with Crippen molar-refractivity contribution in [1.82, 2.24) is 0 Å². The third kappa shape index (κ3) is 4.07. The molecule has 1 atom stereocenters. The van der Waals surface area contributed by atoms with Crippen LogP contribution < -0.4 is 10.1 Å². The Hall–Kier alpha value is -1.82. The van der Waals surface area contributed by atoms with Gasteiger partial charge in [0.2, 0.25) is 0 Å². The van der Waals surface area contributed by atoms with Crippen molar-refractivity contribution in [2.45, 2.75) is 45.3 Å². The summed E-state index contributed by atoms with van der Waals surface area (Å²) in [4.78, 5) is 10.5. The van der Waals surface area contributed by atoms with Crippen molar-refractivity contribution in [3.05, 3.63) is 28.3 Å². The minimum absolute atomic E-state index is 0.00490. The molecule has 0 bridgehead atoms. The van der Waals surface area contributed by atoms with E-state index in [4.69, 9.17) is 9.47 Å². The molecule has 0 amide bonds. The zero-order chi connectivity index (χ0) is 15.5. The summed E-state index contributed by atoms with van der Waals surface area (Å²) in [5.41, 5.74) is 0.695. The van der Waals surface area contributed by atoms with Crippen molar-refractivity contribution in [3.8, 4) is 5.75 Å². The normalized spacial score (nSPS) is 20.8. The molecule has 0 radical (unpaired) electrons. The minimum Gasteiger partial charge on any atom is -0.487 e. The number of hydrogen-bond donors (Lipinski definition) is 1. The number of ether oxygens (including phenoxy) is 2. The Morgan fingerprint density at radius 3 is 2.90 bits per heavy atom. The van der Waals surface area contributed by atoms with Crippen LogP contribution in [0.3, 0.4) is 0 Å². The summed E-state index contributed by atoms with van der Waals surface area (Å²) in [6.07, 6.45) is 1.82. The average molecular weight is 294 g/mol. The van der Waals surface area contributed by atoms with Gasteiger partial charge in [-0.25, -0.2) is 0 Å². The summed E-state index contributed by atoms with van der Waals surface area (Å²) in [6.45, 7) is 7.07. The Balaban J connectivity index is 2.13. The van der Waals surface area contributed by atoms with Crippen molar-refractivity contribution < 1.29 is 14.4 Å². The third-order valence-electron chi connectivity index (χ3n) is 3.52. The van der Waals surface area contributed by atoms with Crippen LogP contribution in [0.1, 0.15) is 33.6 Å². The summed E-state index contributed by atoms with van der Waals surface area (Å²) in [6, 6.07) is 5.20. The molecule has 116 valence electrons. The van der Waals surface area contributed by atoms with Gasteiger partial charge in [0, 0.05) is 30.5 Å². The Labute approximate surface area is 124 Å². The molecule has 0 spiro atoms. The number of nitro groups is 1. The van der Waals surface area contributed by atoms with Gasteiger partial charge in [-0.1, -0.05) is 0 Å². The number of nitrogens with one attached hydrogen (secondary N) is 1. The fraction of sp³-hybridized carbons (Fsp3) is 0.600. The van der Waals surface area contributed by atoms with Crippen LogP contribution in [0.25, 0.3) is 0 Å². The highest BCUT2D eigenvalue weighted by Crippen LogP contribution is 2.32. The molecule has 2 rings (SSSR count). The van der Waals surface area contributed by atoms with Gasteiger partial charge in [-0.05, 0) is 39.7 Å². The van der Waals surface area contributed by atoms with Crippen molar-refractivity contribution >= 4 is 11.4 Å². The van der Waals surface area contributed by atoms with E-state index in [2.05, 4.69) is 19.2 Å². The van der Waals surface area contributed by atoms with Gasteiger partial charge in [0.25, 0.3) is 0 Å². The maximum absolute atomic E-state index is 11.0. The zero-order valence-corrected chi connectivity index (χ0v) is 12.7. The second kappa shape index (κ2) is 6.30. The molecular weight excluding hydrogens is 272 g/mol. The van der Waals surface area contributed by atoms with Gasteiger partial charge in [-0.3, -0.25) is 10.1 Å². The first-order chi connectivity index (χ1) is 9.91. The van der Waals surface area contributed by atoms with Crippen LogP contribution in [0.5, 0.6) is 5.75 Å². The van der Waals surface area contributed by atoms with Crippen molar-refractivity contribution in [1.29, 1.82) is 0 Å². The standard InChI is InChI=1S/C15H22N2O4/c1-4-20-14-9-11(5-6-13(14)17(18)19)16-12-7-8-21-15(2,3)10-12/h5-6,9,12,16H,4,7-8,10H2,1-3H3. The monoisotopic (exact) mass is 294 g/mol. The summed E-state index contributed by atoms with van der Waals surface area (Å²) in [5.74, 6) is 0.304. The van der Waals surface area contributed by atoms with Gasteiger partial charge >= 0.3 is 5.69 Å². The van der Waals surface area contributed by atoms with Crippen molar-refractivity contribution in [2.75, 3.05) is 18.5 Å². The molecule has 1 aromatic carbocycles. The van der Waals surface area contributed by atoms with Crippen LogP contribution in [0.2, 0.25) is 0 Å². The van der Waals surface area contributed by atoms with Crippen LogP contribution >= 0.6 is 0 Å². The first-order valence-electron chi connectivity index (χ1n) is 7.23. The second-order valence-corrected chi connectivity index (χ2v) is 5.81. The zero-order valence-electron chi connectivity index (χ0n) is 12.7. The maximum Gasteiger partial charge on any atom is 0.311 e. The first kappa shape index (κ1) is 15.6. The number of nitrogens with zero attached hydrogens (tertiary/aromatic N) is 1. The summed E-state index contributed by atoms with van der Waals surface area (Å²) < 4.78 is 11.1. The highest BCUT2D eigenvalue weighted by atomic mass is 16.6. The molecule has 6 nitrogen and oxygen atoms in total. The van der Waals surface area contributed by atoms with E-state index < -0.39 is 4.92 Å². The van der Waals surface area contributed by atoms with Gasteiger partial charge in [0.05, 0.1) is 17.1 Å². The lowest BCUT2D eigenvalue weighted by molar-refractivity contribution is -0.385. The molecule has 1 N–H and O–H groups in total. The van der Waals surface area contributed by atoms with Crippen LogP contribution in [-0.4, -0.2) is 29.8 Å². The van der Waals surface area contributed by atoms with Gasteiger partial charge in [0.15, 0.2) is 5.75 Å². The fourth-order valence-electron chi connectivity index (χ4n) is 2.62. The predicted molar refractivity (Wildman–Crippen MR) is 80.9 cm³/mol. The number of rotatable bonds is 5. The summed E-state index contributed by atoms with van der Waals surface area (Å²) in [5, 5.41) is 14.4. The van der Waals surface area contributed by atoms with Gasteiger partial charge < -0.3 is 14.8 Å². The van der Waals surface area contributed by atoms with Crippen LogP contribution in [0.4, 0.5) is 11.4 Å². The van der Waals surface area contributed by atoms with Gasteiger partial charge in [-0.2, -0.15) is 0 Å². The Morgan fingerprint density at radius 1 is 1.52 bits per heavy atom. The van der Waals surface area contributed by atoms with Crippen molar-refractivity contribution in [2.24, 2.45) is 0 Å². The first-order valence-corrected chi connectivity index (χ1v) is 7.23. The highest BCUT2D eigenvalue weighted by molar-refractivity contribution is 5.58. The van der Waals surface area contributed by atoms with Crippen molar-refractivity contribution in [3.63, 3.8) is 0 Å². The van der Waals surface area contributed by atoms with E-state index in [1.165, 1.54) is 6.07 Å². The lowest BCUT2D eigenvalue weighted by Gasteiger charge is -2.36. The number of nitro benzene ring substituents is 1. The molecule has 1 aliphatic rings. The van der Waals surface area contributed by atoms with E-state index in [9.17, 15) is 10.1 Å². The van der Waals surface area contributed by atoms with E-state index in [0.717, 1.165) is 25.1 Å². The molecule has 1 aromatic rings. The summed E-state index contributed by atoms with van der Waals surface area (Å²) in [7, 11) is 0. The highest BCUT2D eigenvalue weighted by Gasteiger charge is 2.29. The molecule has 0 saturated carbocycles. The average Bonchev–Trinajstić information content (AvgIpc) is 2.37. The van der Waals surface area contributed by atoms with Crippen LogP contribution in [0, 0.1) is 10.1 Å². The maximum atomic E-state index is 11.0. The molecule has 1 fully saturated rings. The van der Waals surface area contributed by atoms with Crippen LogP contribution in [-0.2, 0) is 4.74 Å². The SMILES string of the molecule is CCOc1cc(NC2CCOC(C)(C)C2)ccc1[N+](=O)[O-]. The van der Waals surface area contributed by atoms with E-state index in [0.29, 0.717) is 18.4 Å². The molecule has 0 aromatic heterocycles. The van der Waals surface area contributed by atoms with Gasteiger partial charge in [0.1, 0.15) is 0 Å². The molecule has 6 heteroatoms. The number of anilines is 1. The topological polar surface area (TPSA) is 73.6 Å². The van der Waals surface area contributed by atoms with E-state index in [1.807, 2.05) is 6.92 Å². The predicted octanol–water partition coefficient (Wildman–Crippen LogP) is 3.36. The Morgan fingerprint density at radius 2 is 2.29 bits per heavy atom.